The second-order valence-corrected chi connectivity index (χ2v) is 8.47. The molecule has 3 rings (SSSR count). The van der Waals surface area contributed by atoms with Gasteiger partial charge in [-0.05, 0) is 34.6 Å². The predicted molar refractivity (Wildman–Crippen MR) is 116 cm³/mol. The Morgan fingerprint density at radius 2 is 1.66 bits per heavy atom. The molecule has 1 aliphatic heterocycles. The maximum atomic E-state index is 13.4. The van der Waals surface area contributed by atoms with Crippen LogP contribution in [0.4, 0.5) is 0 Å². The average Bonchev–Trinajstić information content (AvgIpc) is 2.72. The summed E-state index contributed by atoms with van der Waals surface area (Å²) in [4.78, 5) is 29.9. The van der Waals surface area contributed by atoms with Gasteiger partial charge in [-0.15, -0.1) is 0 Å². The van der Waals surface area contributed by atoms with Crippen molar-refractivity contribution in [3.63, 3.8) is 0 Å². The number of rotatable bonds is 6. The van der Waals surface area contributed by atoms with Crippen LogP contribution < -0.4 is 0 Å². The van der Waals surface area contributed by atoms with Gasteiger partial charge in [0.15, 0.2) is 0 Å². The largest absolute Gasteiger partial charge is 0.340 e. The number of nitrogens with zero attached hydrogens (tertiary/aromatic N) is 2. The quantitative estimate of drug-likeness (QED) is 0.739. The van der Waals surface area contributed by atoms with Crippen molar-refractivity contribution in [3.05, 3.63) is 70.8 Å². The van der Waals surface area contributed by atoms with E-state index < -0.39 is 6.04 Å². The van der Waals surface area contributed by atoms with Gasteiger partial charge in [-0.3, -0.25) is 9.59 Å². The molecule has 0 saturated carbocycles. The summed E-state index contributed by atoms with van der Waals surface area (Å²) in [6.45, 7) is 7.27. The van der Waals surface area contributed by atoms with Gasteiger partial charge >= 0.3 is 0 Å². The molecule has 0 fully saturated rings. The van der Waals surface area contributed by atoms with Crippen LogP contribution in [0.25, 0.3) is 0 Å². The number of fused-ring (bicyclic) bond motifs is 1. The molecule has 4 nitrogen and oxygen atoms in total. The lowest BCUT2D eigenvalue weighted by Gasteiger charge is -2.38. The third kappa shape index (κ3) is 5.06. The summed E-state index contributed by atoms with van der Waals surface area (Å²) in [5.74, 6) is 0.343. The minimum Gasteiger partial charge on any atom is -0.340 e. The first kappa shape index (κ1) is 21.1. The van der Waals surface area contributed by atoms with Crippen LogP contribution in [0.3, 0.4) is 0 Å². The molecule has 0 aromatic heterocycles. The van der Waals surface area contributed by atoms with E-state index >= 15 is 0 Å². The van der Waals surface area contributed by atoms with Gasteiger partial charge in [0.05, 0.1) is 0 Å². The second kappa shape index (κ2) is 9.25. The lowest BCUT2D eigenvalue weighted by Crippen LogP contribution is -2.52. The lowest BCUT2D eigenvalue weighted by molar-refractivity contribution is -0.147. The highest BCUT2D eigenvalue weighted by atomic mass is 16.2. The monoisotopic (exact) mass is 392 g/mol. The van der Waals surface area contributed by atoms with Gasteiger partial charge in [0.2, 0.25) is 11.8 Å². The van der Waals surface area contributed by atoms with Crippen LogP contribution in [0.1, 0.15) is 49.4 Å². The van der Waals surface area contributed by atoms with E-state index in [1.165, 1.54) is 11.1 Å². The molecule has 0 N–H and O–H groups in total. The van der Waals surface area contributed by atoms with E-state index in [0.29, 0.717) is 25.9 Å². The highest BCUT2D eigenvalue weighted by Crippen LogP contribution is 2.26. The molecule has 1 atom stereocenters. The Kier molecular flexibility index (Phi) is 6.73. The van der Waals surface area contributed by atoms with Crippen molar-refractivity contribution >= 4 is 11.8 Å². The number of aryl methyl sites for hydroxylation is 1. The van der Waals surface area contributed by atoms with Gasteiger partial charge in [0, 0.05) is 33.0 Å². The fraction of sp³-hybridized carbons (Fsp3) is 0.440. The van der Waals surface area contributed by atoms with Crippen LogP contribution in [-0.4, -0.2) is 34.7 Å². The molecule has 1 aliphatic rings. The van der Waals surface area contributed by atoms with E-state index in [4.69, 9.17) is 0 Å². The maximum absolute atomic E-state index is 13.4. The number of benzene rings is 2. The van der Waals surface area contributed by atoms with E-state index in [9.17, 15) is 9.59 Å². The van der Waals surface area contributed by atoms with Crippen molar-refractivity contribution in [2.24, 2.45) is 5.92 Å². The summed E-state index contributed by atoms with van der Waals surface area (Å²) >= 11 is 0. The minimum absolute atomic E-state index is 0.0103. The van der Waals surface area contributed by atoms with Crippen molar-refractivity contribution in [1.82, 2.24) is 9.80 Å². The Bertz CT molecular complexity index is 857. The molecule has 4 heteroatoms. The van der Waals surface area contributed by atoms with Gasteiger partial charge in [-0.2, -0.15) is 0 Å². The molecule has 2 aromatic rings. The molecule has 0 aliphatic carbocycles. The van der Waals surface area contributed by atoms with Gasteiger partial charge < -0.3 is 9.80 Å². The number of carbonyl (C=O) groups excluding carboxylic acids is 2. The lowest BCUT2D eigenvalue weighted by atomic mass is 9.92. The molecule has 154 valence electrons. The van der Waals surface area contributed by atoms with E-state index in [1.807, 2.05) is 33.0 Å². The molecule has 1 heterocycles. The van der Waals surface area contributed by atoms with Crippen LogP contribution in [-0.2, 0) is 35.5 Å². The zero-order chi connectivity index (χ0) is 21.0. The van der Waals surface area contributed by atoms with Gasteiger partial charge in [0.25, 0.3) is 0 Å². The van der Waals surface area contributed by atoms with Crippen molar-refractivity contribution in [2.75, 3.05) is 7.05 Å². The molecular weight excluding hydrogens is 360 g/mol. The van der Waals surface area contributed by atoms with Crippen LogP contribution in [0, 0.1) is 5.92 Å². The molecule has 0 saturated heterocycles. The summed E-state index contributed by atoms with van der Waals surface area (Å²) in [5, 5.41) is 0. The topological polar surface area (TPSA) is 40.6 Å². The van der Waals surface area contributed by atoms with Crippen LogP contribution in [0.5, 0.6) is 0 Å². The molecule has 29 heavy (non-hydrogen) atoms. The predicted octanol–water partition coefficient (Wildman–Crippen LogP) is 4.21. The summed E-state index contributed by atoms with van der Waals surface area (Å²) in [6, 6.07) is 16.1. The van der Waals surface area contributed by atoms with Gasteiger partial charge in [0.1, 0.15) is 6.04 Å². The Hall–Kier alpha value is -2.62. The number of amides is 2. The fourth-order valence-corrected chi connectivity index (χ4v) is 3.96. The molecule has 2 aromatic carbocycles. The Labute approximate surface area is 174 Å². The zero-order valence-electron chi connectivity index (χ0n) is 18.0. The van der Waals surface area contributed by atoms with E-state index in [1.54, 1.807) is 9.80 Å². The molecular formula is C25H32N2O2. The molecule has 1 unspecified atom stereocenters. The molecule has 0 spiro atoms. The van der Waals surface area contributed by atoms with E-state index in [0.717, 1.165) is 17.5 Å². The van der Waals surface area contributed by atoms with Crippen LogP contribution >= 0.6 is 0 Å². The minimum atomic E-state index is -0.434. The average molecular weight is 393 g/mol. The van der Waals surface area contributed by atoms with Gasteiger partial charge in [-0.25, -0.2) is 0 Å². The van der Waals surface area contributed by atoms with Crippen molar-refractivity contribution in [1.29, 1.82) is 0 Å². The van der Waals surface area contributed by atoms with Crippen LogP contribution in [0.15, 0.2) is 48.5 Å². The third-order valence-corrected chi connectivity index (χ3v) is 5.66. The Morgan fingerprint density at radius 3 is 2.28 bits per heavy atom. The van der Waals surface area contributed by atoms with Crippen molar-refractivity contribution in [2.45, 2.75) is 59.2 Å². The molecule has 0 radical (unpaired) electrons. The second-order valence-electron chi connectivity index (χ2n) is 8.47. The van der Waals surface area contributed by atoms with E-state index in [-0.39, 0.29) is 17.7 Å². The Balaban J connectivity index is 1.79. The highest BCUT2D eigenvalue weighted by molar-refractivity contribution is 5.88. The van der Waals surface area contributed by atoms with Gasteiger partial charge in [-0.1, -0.05) is 69.3 Å². The Morgan fingerprint density at radius 1 is 1.03 bits per heavy atom. The van der Waals surface area contributed by atoms with Crippen molar-refractivity contribution < 1.29 is 9.59 Å². The first-order chi connectivity index (χ1) is 13.9. The van der Waals surface area contributed by atoms with E-state index in [2.05, 4.69) is 43.3 Å². The fourth-order valence-electron chi connectivity index (χ4n) is 3.96. The summed E-state index contributed by atoms with van der Waals surface area (Å²) in [6.07, 6.45) is 2.05. The third-order valence-electron chi connectivity index (χ3n) is 5.66. The first-order valence-corrected chi connectivity index (χ1v) is 10.6. The number of carbonyl (C=O) groups is 2. The van der Waals surface area contributed by atoms with Crippen molar-refractivity contribution in [3.8, 4) is 0 Å². The SMILES string of the molecule is CCc1ccc(CN(C)C(=O)C2Cc3ccccc3CN2C(=O)CC(C)C)cc1. The summed E-state index contributed by atoms with van der Waals surface area (Å²) in [7, 11) is 1.83. The smallest absolute Gasteiger partial charge is 0.245 e. The maximum Gasteiger partial charge on any atom is 0.245 e. The zero-order valence-corrected chi connectivity index (χ0v) is 18.0. The summed E-state index contributed by atoms with van der Waals surface area (Å²) in [5.41, 5.74) is 4.71. The molecule has 2 amide bonds. The number of hydrogen-bond donors (Lipinski definition) is 0. The van der Waals surface area contributed by atoms with Crippen LogP contribution in [0.2, 0.25) is 0 Å². The first-order valence-electron chi connectivity index (χ1n) is 10.6. The normalized spacial score (nSPS) is 15.9. The highest BCUT2D eigenvalue weighted by Gasteiger charge is 2.36. The standard InChI is InChI=1S/C25H32N2O2/c1-5-19-10-12-20(13-11-19)16-26(4)25(29)23-15-21-8-6-7-9-22(21)17-27(23)24(28)14-18(2)3/h6-13,18,23H,5,14-17H2,1-4H3. The molecule has 0 bridgehead atoms. The number of likely N-dealkylation sites (N-methyl/N-ethyl adjacent to an activating group) is 1. The number of hydrogen-bond acceptors (Lipinski definition) is 2. The summed E-state index contributed by atoms with van der Waals surface area (Å²) < 4.78 is 0.